The van der Waals surface area contributed by atoms with E-state index in [0.29, 0.717) is 32.8 Å². The number of hydrogen-bond donors (Lipinski definition) is 2. The maximum atomic E-state index is 13.2. The molecule has 0 saturated carbocycles. The van der Waals surface area contributed by atoms with Gasteiger partial charge in [0.2, 0.25) is 5.91 Å². The molecule has 3 rings (SSSR count). The summed E-state index contributed by atoms with van der Waals surface area (Å²) in [7, 11) is 0. The number of nitrogens with one attached hydrogen (secondary N) is 2. The van der Waals surface area contributed by atoms with Crippen LogP contribution in [0.25, 0.3) is 0 Å². The minimum Gasteiger partial charge on any atom is -0.381 e. The summed E-state index contributed by atoms with van der Waals surface area (Å²) >= 11 is 0. The molecule has 4 atom stereocenters. The van der Waals surface area contributed by atoms with Gasteiger partial charge in [-0.2, -0.15) is 0 Å². The Labute approximate surface area is 197 Å². The monoisotopic (exact) mass is 460 g/mol. The molecule has 2 aliphatic heterocycles. The molecule has 2 aliphatic rings. The Morgan fingerprint density at radius 1 is 1.15 bits per heavy atom. The van der Waals surface area contributed by atoms with Crippen LogP contribution in [0, 0.1) is 11.8 Å². The molecule has 33 heavy (non-hydrogen) atoms. The average molecular weight is 461 g/mol. The number of rotatable bonds is 11. The predicted octanol–water partition coefficient (Wildman–Crippen LogP) is 2.71. The van der Waals surface area contributed by atoms with Crippen LogP contribution in [0.2, 0.25) is 0 Å². The summed E-state index contributed by atoms with van der Waals surface area (Å²) in [4.78, 5) is 40.1. The molecule has 3 heterocycles. The van der Waals surface area contributed by atoms with Crippen molar-refractivity contribution in [1.29, 1.82) is 0 Å². The van der Waals surface area contributed by atoms with Crippen LogP contribution in [0.3, 0.4) is 0 Å². The molecule has 2 N–H and O–H groups in total. The van der Waals surface area contributed by atoms with Crippen LogP contribution in [0.1, 0.15) is 64.5 Å². The van der Waals surface area contributed by atoms with Gasteiger partial charge in [-0.05, 0) is 37.2 Å². The summed E-state index contributed by atoms with van der Waals surface area (Å²) in [5.41, 5.74) is 1.04. The number of nitrogens with zero attached hydrogens (tertiary/aromatic N) is 2. The SMILES string of the molecule is CCCCOCCCNC(=O)[C@@H](NC(=O)N1C[C@H]2C[C@@H](C1)c1cccc(=O)n1C2)C(C)CC. The maximum absolute atomic E-state index is 13.2. The number of fused-ring (bicyclic) bond motifs is 4. The summed E-state index contributed by atoms with van der Waals surface area (Å²) in [5, 5.41) is 5.97. The highest BCUT2D eigenvalue weighted by molar-refractivity contribution is 5.87. The zero-order chi connectivity index (χ0) is 23.8. The first-order valence-corrected chi connectivity index (χ1v) is 12.5. The summed E-state index contributed by atoms with van der Waals surface area (Å²) in [6.45, 7) is 9.88. The molecule has 2 bridgehead atoms. The van der Waals surface area contributed by atoms with Crippen molar-refractivity contribution >= 4 is 11.9 Å². The van der Waals surface area contributed by atoms with Crippen molar-refractivity contribution < 1.29 is 14.3 Å². The lowest BCUT2D eigenvalue weighted by molar-refractivity contribution is -0.124. The molecule has 8 heteroatoms. The zero-order valence-electron chi connectivity index (χ0n) is 20.3. The number of aromatic nitrogens is 1. The van der Waals surface area contributed by atoms with E-state index in [1.807, 2.05) is 29.4 Å². The minimum absolute atomic E-state index is 0.0262. The van der Waals surface area contributed by atoms with E-state index in [0.717, 1.165) is 44.4 Å². The van der Waals surface area contributed by atoms with Crippen molar-refractivity contribution in [2.45, 2.75) is 71.4 Å². The zero-order valence-corrected chi connectivity index (χ0v) is 20.3. The van der Waals surface area contributed by atoms with Crippen LogP contribution >= 0.6 is 0 Å². The van der Waals surface area contributed by atoms with Crippen LogP contribution in [0.15, 0.2) is 23.0 Å². The van der Waals surface area contributed by atoms with E-state index >= 15 is 0 Å². The molecule has 1 fully saturated rings. The van der Waals surface area contributed by atoms with Gasteiger partial charge in [0, 0.05) is 57.1 Å². The molecule has 1 saturated heterocycles. The van der Waals surface area contributed by atoms with Crippen molar-refractivity contribution in [2.75, 3.05) is 32.8 Å². The van der Waals surface area contributed by atoms with Crippen molar-refractivity contribution in [1.82, 2.24) is 20.1 Å². The van der Waals surface area contributed by atoms with E-state index in [1.54, 1.807) is 12.1 Å². The lowest BCUT2D eigenvalue weighted by Crippen LogP contribution is -2.57. The van der Waals surface area contributed by atoms with Gasteiger partial charge in [-0.25, -0.2) is 4.79 Å². The third kappa shape index (κ3) is 6.59. The molecular formula is C25H40N4O4. The van der Waals surface area contributed by atoms with Crippen LogP contribution in [0.4, 0.5) is 4.79 Å². The van der Waals surface area contributed by atoms with Crippen LogP contribution in [0.5, 0.6) is 0 Å². The number of likely N-dealkylation sites (tertiary alicyclic amines) is 1. The first-order valence-electron chi connectivity index (χ1n) is 12.5. The predicted molar refractivity (Wildman–Crippen MR) is 128 cm³/mol. The fourth-order valence-corrected chi connectivity index (χ4v) is 4.83. The topological polar surface area (TPSA) is 92.7 Å². The number of pyridine rings is 1. The minimum atomic E-state index is -0.569. The van der Waals surface area contributed by atoms with Gasteiger partial charge in [0.25, 0.3) is 5.56 Å². The Hall–Kier alpha value is -2.35. The van der Waals surface area contributed by atoms with Gasteiger partial charge in [0.05, 0.1) is 0 Å². The number of urea groups is 1. The quantitative estimate of drug-likeness (QED) is 0.497. The van der Waals surface area contributed by atoms with E-state index in [4.69, 9.17) is 4.74 Å². The Morgan fingerprint density at radius 3 is 2.70 bits per heavy atom. The molecule has 8 nitrogen and oxygen atoms in total. The highest BCUT2D eigenvalue weighted by Gasteiger charge is 2.37. The van der Waals surface area contributed by atoms with Gasteiger partial charge in [0.15, 0.2) is 0 Å². The second-order valence-corrected chi connectivity index (χ2v) is 9.53. The number of amides is 3. The second-order valence-electron chi connectivity index (χ2n) is 9.53. The highest BCUT2D eigenvalue weighted by atomic mass is 16.5. The second kappa shape index (κ2) is 12.2. The summed E-state index contributed by atoms with van der Waals surface area (Å²) in [6, 6.07) is 4.62. The normalized spacial score (nSPS) is 21.1. The smallest absolute Gasteiger partial charge is 0.318 e. The summed E-state index contributed by atoms with van der Waals surface area (Å²) in [6.07, 6.45) is 4.69. The Morgan fingerprint density at radius 2 is 1.94 bits per heavy atom. The molecule has 0 aromatic carbocycles. The molecule has 184 valence electrons. The molecule has 0 radical (unpaired) electrons. The third-order valence-electron chi connectivity index (χ3n) is 6.95. The van der Waals surface area contributed by atoms with Gasteiger partial charge in [-0.3, -0.25) is 9.59 Å². The van der Waals surface area contributed by atoms with E-state index in [-0.39, 0.29) is 35.3 Å². The van der Waals surface area contributed by atoms with Gasteiger partial charge in [0.1, 0.15) is 6.04 Å². The van der Waals surface area contributed by atoms with E-state index in [2.05, 4.69) is 17.6 Å². The van der Waals surface area contributed by atoms with E-state index in [1.165, 1.54) is 0 Å². The van der Waals surface area contributed by atoms with Gasteiger partial charge in [-0.1, -0.05) is 39.7 Å². The number of carbonyl (C=O) groups excluding carboxylic acids is 2. The standard InChI is InChI=1S/C25H40N4O4/c1-4-6-12-33-13-8-11-26-24(31)23(18(3)5-2)27-25(32)28-15-19-14-20(17-28)21-9-7-10-22(30)29(21)16-19/h7,9-10,18-20,23H,4-6,8,11-17H2,1-3H3,(H,26,31)(H,27,32)/t18?,19-,20+,23+/m1/s1. The van der Waals surface area contributed by atoms with Crippen molar-refractivity contribution in [3.63, 3.8) is 0 Å². The number of unbranched alkanes of at least 4 members (excludes halogenated alkanes) is 1. The molecule has 1 aromatic rings. The molecule has 1 aromatic heterocycles. The fraction of sp³-hybridized carbons (Fsp3) is 0.720. The average Bonchev–Trinajstić information content (AvgIpc) is 2.81. The molecule has 0 spiro atoms. The lowest BCUT2D eigenvalue weighted by Gasteiger charge is -2.43. The number of ether oxygens (including phenoxy) is 1. The Bertz CT molecular complexity index is 855. The van der Waals surface area contributed by atoms with Crippen LogP contribution in [-0.4, -0.2) is 60.3 Å². The molecular weight excluding hydrogens is 420 g/mol. The number of piperidine rings is 1. The Kier molecular flexibility index (Phi) is 9.35. The number of hydrogen-bond acceptors (Lipinski definition) is 4. The first-order chi connectivity index (χ1) is 15.9. The molecule has 0 aliphatic carbocycles. The Balaban J connectivity index is 1.55. The third-order valence-corrected chi connectivity index (χ3v) is 6.95. The van der Waals surface area contributed by atoms with Crippen LogP contribution in [-0.2, 0) is 16.1 Å². The van der Waals surface area contributed by atoms with E-state index in [9.17, 15) is 14.4 Å². The number of carbonyl (C=O) groups is 2. The summed E-state index contributed by atoms with van der Waals surface area (Å²) < 4.78 is 7.41. The van der Waals surface area contributed by atoms with Crippen molar-refractivity contribution in [3.05, 3.63) is 34.2 Å². The first kappa shape index (κ1) is 25.3. The molecule has 3 amide bonds. The van der Waals surface area contributed by atoms with Crippen LogP contribution < -0.4 is 16.2 Å². The highest BCUT2D eigenvalue weighted by Crippen LogP contribution is 2.34. The fourth-order valence-electron chi connectivity index (χ4n) is 4.83. The van der Waals surface area contributed by atoms with Gasteiger partial charge in [-0.15, -0.1) is 0 Å². The van der Waals surface area contributed by atoms with Gasteiger partial charge >= 0.3 is 6.03 Å². The maximum Gasteiger partial charge on any atom is 0.318 e. The largest absolute Gasteiger partial charge is 0.381 e. The summed E-state index contributed by atoms with van der Waals surface area (Å²) in [5.74, 6) is 0.296. The lowest BCUT2D eigenvalue weighted by atomic mass is 9.83. The van der Waals surface area contributed by atoms with Crippen molar-refractivity contribution in [2.24, 2.45) is 11.8 Å². The van der Waals surface area contributed by atoms with Gasteiger partial charge < -0.3 is 24.8 Å². The van der Waals surface area contributed by atoms with E-state index < -0.39 is 6.04 Å². The molecule has 1 unspecified atom stereocenters. The van der Waals surface area contributed by atoms with Crippen molar-refractivity contribution in [3.8, 4) is 0 Å².